The molecular weight excluding hydrogens is 456 g/mol. The van der Waals surface area contributed by atoms with Crippen LogP contribution in [0.4, 0.5) is 26.0 Å². The predicted octanol–water partition coefficient (Wildman–Crippen LogP) is 6.75. The van der Waals surface area contributed by atoms with E-state index in [0.29, 0.717) is 22.5 Å². The Kier molecular flexibility index (Phi) is 5.22. The first-order chi connectivity index (χ1) is 17.0. The normalized spacial score (nSPS) is 20.4. The molecule has 1 saturated heterocycles. The number of rotatable bonds is 5. The fourth-order valence-corrected chi connectivity index (χ4v) is 6.56. The summed E-state index contributed by atoms with van der Waals surface area (Å²) in [6.07, 6.45) is 3.53. The molecule has 1 spiro atoms. The average Bonchev–Trinajstić information content (AvgIpc) is 3.07. The zero-order chi connectivity index (χ0) is 25.4. The van der Waals surface area contributed by atoms with E-state index in [4.69, 9.17) is 15.7 Å². The van der Waals surface area contributed by atoms with Crippen LogP contribution < -0.4 is 16.0 Å². The maximum absolute atomic E-state index is 13.4. The van der Waals surface area contributed by atoms with Crippen LogP contribution in [0.15, 0.2) is 24.3 Å². The van der Waals surface area contributed by atoms with E-state index in [2.05, 4.69) is 30.1 Å². The first-order valence-electron chi connectivity index (χ1n) is 13.1. The number of hydrogen-bond acceptors (Lipinski definition) is 5. The molecule has 190 valence electrons. The molecule has 2 aliphatic carbocycles. The predicted molar refractivity (Wildman–Crippen MR) is 142 cm³/mol. The summed E-state index contributed by atoms with van der Waals surface area (Å²) >= 11 is 0. The van der Waals surface area contributed by atoms with Crippen LogP contribution in [0, 0.1) is 17.8 Å². The lowest BCUT2D eigenvalue weighted by Gasteiger charge is -2.57. The fraction of sp³-hybridized carbons (Fsp3) is 0.517. The van der Waals surface area contributed by atoms with Gasteiger partial charge in [0.25, 0.3) is 6.43 Å². The molecule has 5 nitrogen and oxygen atoms in total. The number of aryl methyl sites for hydroxylation is 1. The Morgan fingerprint density at radius 1 is 1.00 bits per heavy atom. The first-order valence-corrected chi connectivity index (χ1v) is 13.1. The van der Waals surface area contributed by atoms with Crippen molar-refractivity contribution in [2.45, 2.75) is 72.3 Å². The summed E-state index contributed by atoms with van der Waals surface area (Å²) in [6, 6.07) is 6.64. The third kappa shape index (κ3) is 3.87. The average molecular weight is 492 g/mol. The Morgan fingerprint density at radius 2 is 1.69 bits per heavy atom. The molecule has 2 aromatic carbocycles. The molecule has 3 aliphatic rings. The molecule has 1 aromatic heterocycles. The van der Waals surface area contributed by atoms with Crippen molar-refractivity contribution in [1.82, 2.24) is 9.97 Å². The van der Waals surface area contributed by atoms with Gasteiger partial charge >= 0.3 is 0 Å². The van der Waals surface area contributed by atoms with Gasteiger partial charge in [0.2, 0.25) is 0 Å². The van der Waals surface area contributed by atoms with Crippen molar-refractivity contribution in [2.24, 2.45) is 10.8 Å². The summed E-state index contributed by atoms with van der Waals surface area (Å²) in [5, 5.41) is 4.52. The van der Waals surface area contributed by atoms with Gasteiger partial charge in [0.05, 0.1) is 11.6 Å². The highest BCUT2D eigenvalue weighted by atomic mass is 19.3. The fourth-order valence-electron chi connectivity index (χ4n) is 6.56. The van der Waals surface area contributed by atoms with Crippen LogP contribution in [0.2, 0.25) is 0 Å². The topological polar surface area (TPSA) is 67.1 Å². The summed E-state index contributed by atoms with van der Waals surface area (Å²) in [6.45, 7) is 10.8. The SMILES string of the molecule is Cc1nc(N[C@H](C)c2cc(N)cc(C(F)F)c2)c2cc(N3CC4(CCC4)C3)c3c(c2n1)CC(C)(C)C3. The van der Waals surface area contributed by atoms with Gasteiger partial charge in [0, 0.05) is 40.8 Å². The molecule has 36 heavy (non-hydrogen) atoms. The number of fused-ring (bicyclic) bond motifs is 3. The largest absolute Gasteiger partial charge is 0.399 e. The molecule has 2 heterocycles. The standard InChI is InChI=1S/C29H35F2N5/c1-16(18-8-19(26(30)31)10-20(32)9-18)33-27-21-11-24(36-14-29(15-36)6-5-7-29)22-12-28(3,4)13-23(22)25(21)34-17(2)35-27/h8-11,16,26H,5-7,12-15,32H2,1-4H3,(H,33,34,35)/t16-/m1/s1. The number of nitrogens with zero attached hydrogens (tertiary/aromatic N) is 3. The van der Waals surface area contributed by atoms with Gasteiger partial charge in [-0.3, -0.25) is 0 Å². The minimum absolute atomic E-state index is 0.0626. The molecular formula is C29H35F2N5. The lowest BCUT2D eigenvalue weighted by molar-refractivity contribution is 0.0902. The van der Waals surface area contributed by atoms with Crippen LogP contribution >= 0.6 is 0 Å². The van der Waals surface area contributed by atoms with E-state index in [1.54, 1.807) is 6.07 Å². The summed E-state index contributed by atoms with van der Waals surface area (Å²) in [5.41, 5.74) is 12.8. The van der Waals surface area contributed by atoms with E-state index >= 15 is 0 Å². The molecule has 1 saturated carbocycles. The van der Waals surface area contributed by atoms with Crippen molar-refractivity contribution in [3.63, 3.8) is 0 Å². The molecule has 2 fully saturated rings. The van der Waals surface area contributed by atoms with Gasteiger partial charge < -0.3 is 16.0 Å². The molecule has 6 rings (SSSR count). The van der Waals surface area contributed by atoms with Crippen molar-refractivity contribution in [2.75, 3.05) is 29.0 Å². The molecule has 0 amide bonds. The van der Waals surface area contributed by atoms with Crippen molar-refractivity contribution in [1.29, 1.82) is 0 Å². The second-order valence-corrected chi connectivity index (χ2v) is 12.2. The minimum atomic E-state index is -2.56. The van der Waals surface area contributed by atoms with Crippen molar-refractivity contribution in [3.05, 3.63) is 52.3 Å². The van der Waals surface area contributed by atoms with Crippen LogP contribution in [0.3, 0.4) is 0 Å². The van der Waals surface area contributed by atoms with Crippen molar-refractivity contribution in [3.8, 4) is 0 Å². The highest BCUT2D eigenvalue weighted by molar-refractivity contribution is 5.96. The second kappa shape index (κ2) is 8.02. The van der Waals surface area contributed by atoms with E-state index in [0.717, 1.165) is 42.7 Å². The van der Waals surface area contributed by atoms with Crippen LogP contribution in [-0.4, -0.2) is 23.1 Å². The molecule has 3 N–H and O–H groups in total. The Balaban J connectivity index is 1.43. The van der Waals surface area contributed by atoms with Gasteiger partial charge in [-0.2, -0.15) is 0 Å². The summed E-state index contributed by atoms with van der Waals surface area (Å²) in [5.74, 6) is 1.45. The van der Waals surface area contributed by atoms with Gasteiger partial charge in [0.15, 0.2) is 0 Å². The summed E-state index contributed by atoms with van der Waals surface area (Å²) < 4.78 is 26.8. The van der Waals surface area contributed by atoms with Gasteiger partial charge in [-0.05, 0) is 85.9 Å². The molecule has 1 atom stereocenters. The van der Waals surface area contributed by atoms with E-state index < -0.39 is 6.43 Å². The Bertz CT molecular complexity index is 1350. The third-order valence-corrected chi connectivity index (χ3v) is 8.52. The van der Waals surface area contributed by atoms with Crippen LogP contribution in [0.5, 0.6) is 0 Å². The maximum Gasteiger partial charge on any atom is 0.263 e. The minimum Gasteiger partial charge on any atom is -0.399 e. The molecule has 0 bridgehead atoms. The number of nitrogen functional groups attached to an aromatic ring is 1. The number of halogens is 2. The Labute approximate surface area is 211 Å². The number of benzene rings is 2. The highest BCUT2D eigenvalue weighted by Gasteiger charge is 2.48. The van der Waals surface area contributed by atoms with Gasteiger partial charge in [-0.1, -0.05) is 20.3 Å². The third-order valence-electron chi connectivity index (χ3n) is 8.52. The van der Waals surface area contributed by atoms with E-state index in [1.807, 2.05) is 13.8 Å². The van der Waals surface area contributed by atoms with E-state index in [1.165, 1.54) is 48.2 Å². The molecule has 3 aromatic rings. The highest BCUT2D eigenvalue weighted by Crippen LogP contribution is 2.53. The summed E-state index contributed by atoms with van der Waals surface area (Å²) in [4.78, 5) is 12.3. The van der Waals surface area contributed by atoms with Crippen molar-refractivity contribution >= 4 is 28.1 Å². The number of aromatic nitrogens is 2. The molecule has 7 heteroatoms. The summed E-state index contributed by atoms with van der Waals surface area (Å²) in [7, 11) is 0. The lowest BCUT2D eigenvalue weighted by atomic mass is 9.63. The van der Waals surface area contributed by atoms with Crippen LogP contribution in [0.1, 0.15) is 80.6 Å². The zero-order valence-electron chi connectivity index (χ0n) is 21.6. The van der Waals surface area contributed by atoms with Crippen molar-refractivity contribution < 1.29 is 8.78 Å². The number of hydrogen-bond donors (Lipinski definition) is 2. The van der Waals surface area contributed by atoms with E-state index in [9.17, 15) is 8.78 Å². The molecule has 0 unspecified atom stereocenters. The Hall–Kier alpha value is -2.96. The smallest absolute Gasteiger partial charge is 0.263 e. The zero-order valence-corrected chi connectivity index (χ0v) is 21.6. The quantitative estimate of drug-likeness (QED) is 0.387. The molecule has 1 aliphatic heterocycles. The monoisotopic (exact) mass is 491 g/mol. The van der Waals surface area contributed by atoms with Crippen LogP contribution in [-0.2, 0) is 12.8 Å². The van der Waals surface area contributed by atoms with E-state index in [-0.39, 0.29) is 17.0 Å². The number of alkyl halides is 2. The number of nitrogens with two attached hydrogens (primary N) is 1. The lowest BCUT2D eigenvalue weighted by Crippen LogP contribution is -2.60. The Morgan fingerprint density at radius 3 is 2.36 bits per heavy atom. The number of nitrogens with one attached hydrogen (secondary N) is 1. The van der Waals surface area contributed by atoms with Crippen LogP contribution in [0.25, 0.3) is 10.9 Å². The first kappa shape index (κ1) is 23.4. The maximum atomic E-state index is 13.4. The van der Waals surface area contributed by atoms with Gasteiger partial charge in [-0.25, -0.2) is 18.7 Å². The van der Waals surface area contributed by atoms with Gasteiger partial charge in [-0.15, -0.1) is 0 Å². The second-order valence-electron chi connectivity index (χ2n) is 12.2. The van der Waals surface area contributed by atoms with Gasteiger partial charge in [0.1, 0.15) is 11.6 Å². The molecule has 0 radical (unpaired) electrons. The number of anilines is 3.